The van der Waals surface area contributed by atoms with E-state index in [-0.39, 0.29) is 17.4 Å². The molecule has 29 heavy (non-hydrogen) atoms. The summed E-state index contributed by atoms with van der Waals surface area (Å²) in [6.45, 7) is 3.89. The molecule has 0 radical (unpaired) electrons. The maximum atomic E-state index is 12.6. The van der Waals surface area contributed by atoms with Crippen LogP contribution < -0.4 is 5.32 Å². The number of aromatic nitrogens is 1. The maximum absolute atomic E-state index is 12.6. The van der Waals surface area contributed by atoms with Gasteiger partial charge in [0.05, 0.1) is 11.1 Å². The lowest BCUT2D eigenvalue weighted by atomic mass is 9.96. The van der Waals surface area contributed by atoms with Gasteiger partial charge in [-0.1, -0.05) is 60.1 Å². The molecule has 0 fully saturated rings. The van der Waals surface area contributed by atoms with Crippen molar-refractivity contribution in [1.29, 1.82) is 0 Å². The van der Waals surface area contributed by atoms with Gasteiger partial charge in [0.15, 0.2) is 0 Å². The molecule has 0 saturated heterocycles. The molecule has 1 aliphatic heterocycles. The average Bonchev–Trinajstić information content (AvgIpc) is 3.21. The molecule has 2 aromatic carbocycles. The van der Waals surface area contributed by atoms with Crippen molar-refractivity contribution in [1.82, 2.24) is 4.98 Å². The maximum Gasteiger partial charge on any atom is 0.338 e. The quantitative estimate of drug-likeness (QED) is 0.441. The molecule has 6 heteroatoms. The van der Waals surface area contributed by atoms with Crippen LogP contribution >= 0.6 is 15.9 Å². The lowest BCUT2D eigenvalue weighted by molar-refractivity contribution is -0.110. The van der Waals surface area contributed by atoms with Crippen LogP contribution in [0.5, 0.6) is 0 Å². The van der Waals surface area contributed by atoms with Gasteiger partial charge < -0.3 is 15.4 Å². The van der Waals surface area contributed by atoms with Gasteiger partial charge in [-0.15, -0.1) is 0 Å². The molecule has 0 bridgehead atoms. The molecule has 0 spiro atoms. The predicted molar refractivity (Wildman–Crippen MR) is 118 cm³/mol. The number of carbonyl (C=O) groups is 2. The minimum Gasteiger partial charge on any atom is -0.478 e. The molecular formula is C23H19BrN2O3. The third-order valence-electron chi connectivity index (χ3n) is 4.96. The van der Waals surface area contributed by atoms with E-state index in [0.29, 0.717) is 22.5 Å². The van der Waals surface area contributed by atoms with Gasteiger partial charge in [0.2, 0.25) is 0 Å². The first-order valence-corrected chi connectivity index (χ1v) is 10.0. The standard InChI is InChI=1S/C23H19BrN2O3/c1-12(2)21-20(23(28)29)19(13-6-4-3-5-7-13)18(25-21)11-16-15-10-14(24)8-9-17(15)26-22(16)27/h3-12,25H,1-2H3,(H,26,27)(H,28,29). The molecule has 1 aromatic heterocycles. The zero-order valence-electron chi connectivity index (χ0n) is 15.9. The fourth-order valence-electron chi connectivity index (χ4n) is 3.66. The second-order valence-corrected chi connectivity index (χ2v) is 8.15. The van der Waals surface area contributed by atoms with Crippen LogP contribution in [0.4, 0.5) is 5.69 Å². The molecule has 5 nitrogen and oxygen atoms in total. The number of benzene rings is 2. The number of halogens is 1. The molecule has 3 N–H and O–H groups in total. The number of fused-ring (bicyclic) bond motifs is 1. The van der Waals surface area contributed by atoms with E-state index in [1.165, 1.54) is 0 Å². The molecule has 3 aromatic rings. The monoisotopic (exact) mass is 450 g/mol. The van der Waals surface area contributed by atoms with Crippen LogP contribution in [0.25, 0.3) is 22.8 Å². The van der Waals surface area contributed by atoms with Crippen LogP contribution in [0.1, 0.15) is 47.1 Å². The number of hydrogen-bond donors (Lipinski definition) is 3. The second-order valence-electron chi connectivity index (χ2n) is 7.23. The van der Waals surface area contributed by atoms with E-state index in [9.17, 15) is 14.7 Å². The number of amides is 1. The number of H-pyrrole nitrogens is 1. The number of carbonyl (C=O) groups excluding carboxylic acids is 1. The normalized spacial score (nSPS) is 14.3. The fraction of sp³-hybridized carbons (Fsp3) is 0.130. The summed E-state index contributed by atoms with van der Waals surface area (Å²) in [6, 6.07) is 15.0. The SMILES string of the molecule is CC(C)c1[nH]c(C=C2C(=O)Nc3ccc(Br)cc32)c(-c2ccccc2)c1C(=O)O. The van der Waals surface area contributed by atoms with E-state index in [4.69, 9.17) is 0 Å². The van der Waals surface area contributed by atoms with Gasteiger partial charge in [-0.3, -0.25) is 4.79 Å². The lowest BCUT2D eigenvalue weighted by Gasteiger charge is -2.06. The van der Waals surface area contributed by atoms with E-state index >= 15 is 0 Å². The van der Waals surface area contributed by atoms with Crippen LogP contribution in [0.15, 0.2) is 53.0 Å². The summed E-state index contributed by atoms with van der Waals surface area (Å²) >= 11 is 3.45. The van der Waals surface area contributed by atoms with Crippen molar-refractivity contribution in [2.75, 3.05) is 5.32 Å². The van der Waals surface area contributed by atoms with Crippen molar-refractivity contribution in [2.24, 2.45) is 0 Å². The minimum atomic E-state index is -0.993. The number of carboxylic acids is 1. The number of rotatable bonds is 4. The second kappa shape index (κ2) is 7.37. The van der Waals surface area contributed by atoms with Crippen LogP contribution in [0.2, 0.25) is 0 Å². The predicted octanol–water partition coefficient (Wildman–Crippen LogP) is 5.76. The van der Waals surface area contributed by atoms with Crippen molar-refractivity contribution in [2.45, 2.75) is 19.8 Å². The van der Waals surface area contributed by atoms with E-state index in [1.807, 2.05) is 62.4 Å². The van der Waals surface area contributed by atoms with Crippen molar-refractivity contribution in [3.8, 4) is 11.1 Å². The van der Waals surface area contributed by atoms with E-state index in [2.05, 4.69) is 26.2 Å². The highest BCUT2D eigenvalue weighted by Crippen LogP contribution is 2.39. The number of carboxylic acid groups (broad SMARTS) is 1. The number of nitrogens with one attached hydrogen (secondary N) is 2. The molecule has 0 unspecified atom stereocenters. The smallest absolute Gasteiger partial charge is 0.338 e. The summed E-state index contributed by atoms with van der Waals surface area (Å²) in [5, 5.41) is 12.8. The molecule has 2 heterocycles. The molecule has 146 valence electrons. The van der Waals surface area contributed by atoms with Crippen LogP contribution in [0.3, 0.4) is 0 Å². The Morgan fingerprint density at radius 2 is 1.86 bits per heavy atom. The summed E-state index contributed by atoms with van der Waals surface area (Å²) in [7, 11) is 0. The van der Waals surface area contributed by atoms with Gasteiger partial charge in [-0.05, 0) is 35.8 Å². The van der Waals surface area contributed by atoms with Crippen LogP contribution in [-0.2, 0) is 4.79 Å². The molecule has 1 aliphatic rings. The Morgan fingerprint density at radius 3 is 2.52 bits per heavy atom. The summed E-state index contributed by atoms with van der Waals surface area (Å²) in [6.07, 6.45) is 1.74. The molecule has 0 aliphatic carbocycles. The van der Waals surface area contributed by atoms with E-state index < -0.39 is 5.97 Å². The highest BCUT2D eigenvalue weighted by molar-refractivity contribution is 9.10. The molecule has 0 atom stereocenters. The van der Waals surface area contributed by atoms with Gasteiger partial charge in [-0.25, -0.2) is 4.79 Å². The molecule has 0 saturated carbocycles. The summed E-state index contributed by atoms with van der Waals surface area (Å²) in [5.41, 5.74) is 4.86. The Labute approximate surface area is 176 Å². The van der Waals surface area contributed by atoms with Crippen molar-refractivity contribution < 1.29 is 14.7 Å². The van der Waals surface area contributed by atoms with Gasteiger partial charge in [-0.2, -0.15) is 0 Å². The van der Waals surface area contributed by atoms with Crippen molar-refractivity contribution >= 4 is 45.1 Å². The van der Waals surface area contributed by atoms with Gasteiger partial charge in [0.1, 0.15) is 0 Å². The van der Waals surface area contributed by atoms with Crippen molar-refractivity contribution in [3.05, 3.63) is 75.5 Å². The molecule has 4 rings (SSSR count). The third-order valence-corrected chi connectivity index (χ3v) is 5.46. The average molecular weight is 451 g/mol. The minimum absolute atomic E-state index is 0.0189. The highest BCUT2D eigenvalue weighted by atomic mass is 79.9. The van der Waals surface area contributed by atoms with E-state index in [0.717, 1.165) is 21.3 Å². The number of anilines is 1. The molecule has 1 amide bonds. The van der Waals surface area contributed by atoms with Crippen LogP contribution in [-0.4, -0.2) is 22.0 Å². The Bertz CT molecular complexity index is 1160. The largest absolute Gasteiger partial charge is 0.478 e. The highest BCUT2D eigenvalue weighted by Gasteiger charge is 2.28. The Hall–Kier alpha value is -3.12. The number of aromatic amines is 1. The van der Waals surface area contributed by atoms with Gasteiger partial charge in [0, 0.05) is 32.7 Å². The summed E-state index contributed by atoms with van der Waals surface area (Å²) in [4.78, 5) is 28.1. The summed E-state index contributed by atoms with van der Waals surface area (Å²) in [5.74, 6) is -1.23. The first-order valence-electron chi connectivity index (χ1n) is 9.24. The Morgan fingerprint density at radius 1 is 1.14 bits per heavy atom. The Balaban J connectivity index is 1.99. The lowest BCUT2D eigenvalue weighted by Crippen LogP contribution is -2.04. The third kappa shape index (κ3) is 3.40. The molecular weight excluding hydrogens is 432 g/mol. The van der Waals surface area contributed by atoms with E-state index in [1.54, 1.807) is 6.08 Å². The zero-order valence-corrected chi connectivity index (χ0v) is 17.5. The fourth-order valence-corrected chi connectivity index (χ4v) is 4.02. The first-order chi connectivity index (χ1) is 13.9. The zero-order chi connectivity index (χ0) is 20.7. The number of aromatic carboxylic acids is 1. The number of hydrogen-bond acceptors (Lipinski definition) is 2. The topological polar surface area (TPSA) is 82.2 Å². The summed E-state index contributed by atoms with van der Waals surface area (Å²) < 4.78 is 0.863. The van der Waals surface area contributed by atoms with Crippen LogP contribution in [0, 0.1) is 0 Å². The van der Waals surface area contributed by atoms with Crippen molar-refractivity contribution in [3.63, 3.8) is 0 Å². The van der Waals surface area contributed by atoms with Gasteiger partial charge in [0.25, 0.3) is 5.91 Å². The Kier molecular flexibility index (Phi) is 4.88. The first kappa shape index (κ1) is 19.2. The van der Waals surface area contributed by atoms with Gasteiger partial charge >= 0.3 is 5.97 Å².